The van der Waals surface area contributed by atoms with E-state index >= 15 is 0 Å². The Labute approximate surface area is 217 Å². The maximum atomic E-state index is 13.3. The van der Waals surface area contributed by atoms with E-state index in [0.717, 1.165) is 28.1 Å². The van der Waals surface area contributed by atoms with Crippen LogP contribution >= 0.6 is 0 Å². The quantitative estimate of drug-likeness (QED) is 0.273. The van der Waals surface area contributed by atoms with Gasteiger partial charge in [-0.15, -0.1) is 0 Å². The van der Waals surface area contributed by atoms with Crippen LogP contribution in [-0.4, -0.2) is 56.6 Å². The van der Waals surface area contributed by atoms with E-state index in [1.165, 1.54) is 0 Å². The number of hydrogen-bond acceptors (Lipinski definition) is 6. The van der Waals surface area contributed by atoms with Crippen LogP contribution in [0.5, 0.6) is 11.5 Å². The molecule has 1 aliphatic rings. The molecule has 0 aromatic heterocycles. The van der Waals surface area contributed by atoms with Crippen LogP contribution in [0.1, 0.15) is 28.3 Å². The standard InChI is InChI=1S/C30H32N2O5/c1-19-18-22(10-15-25(19)37-5)28(33)26-27(21-8-11-23(12-9-21)31(2)3)32(30(35)29(26)34)17-16-20-6-13-24(36-4)14-7-20/h6-15,18,27,33H,16-17H2,1-5H3/b28-26-. The summed E-state index contributed by atoms with van der Waals surface area (Å²) in [4.78, 5) is 30.1. The van der Waals surface area contributed by atoms with Gasteiger partial charge in [-0.1, -0.05) is 24.3 Å². The van der Waals surface area contributed by atoms with E-state index in [9.17, 15) is 14.7 Å². The smallest absolute Gasteiger partial charge is 0.295 e. The van der Waals surface area contributed by atoms with Crippen LogP contribution in [-0.2, 0) is 16.0 Å². The van der Waals surface area contributed by atoms with Crippen molar-refractivity contribution in [3.05, 3.63) is 94.6 Å². The second kappa shape index (κ2) is 10.8. The highest BCUT2D eigenvalue weighted by Gasteiger charge is 2.45. The Bertz CT molecular complexity index is 1330. The third-order valence-electron chi connectivity index (χ3n) is 6.73. The van der Waals surface area contributed by atoms with Crippen molar-refractivity contribution in [2.24, 2.45) is 0 Å². The molecule has 1 unspecified atom stereocenters. The molecule has 7 heteroatoms. The van der Waals surface area contributed by atoms with Crippen LogP contribution in [0.3, 0.4) is 0 Å². The molecule has 1 heterocycles. The molecule has 1 amide bonds. The zero-order valence-electron chi connectivity index (χ0n) is 21.8. The number of rotatable bonds is 8. The van der Waals surface area contributed by atoms with E-state index in [0.29, 0.717) is 24.3 Å². The minimum absolute atomic E-state index is 0.0851. The fraction of sp³-hybridized carbons (Fsp3) is 0.267. The van der Waals surface area contributed by atoms with Crippen LogP contribution < -0.4 is 14.4 Å². The second-order valence-electron chi connectivity index (χ2n) is 9.26. The average Bonchev–Trinajstić information content (AvgIpc) is 3.16. The summed E-state index contributed by atoms with van der Waals surface area (Å²) in [6.07, 6.45) is 0.547. The summed E-state index contributed by atoms with van der Waals surface area (Å²) in [6.45, 7) is 2.18. The first-order valence-electron chi connectivity index (χ1n) is 12.1. The molecule has 1 fully saturated rings. The Morgan fingerprint density at radius 1 is 0.946 bits per heavy atom. The third-order valence-corrected chi connectivity index (χ3v) is 6.73. The number of carbonyl (C=O) groups is 2. The van der Waals surface area contributed by atoms with E-state index in [4.69, 9.17) is 9.47 Å². The number of aliphatic hydroxyl groups is 1. The Morgan fingerprint density at radius 2 is 1.62 bits per heavy atom. The highest BCUT2D eigenvalue weighted by molar-refractivity contribution is 6.46. The maximum absolute atomic E-state index is 13.3. The number of ether oxygens (including phenoxy) is 2. The zero-order chi connectivity index (χ0) is 26.7. The molecular formula is C30H32N2O5. The molecule has 37 heavy (non-hydrogen) atoms. The van der Waals surface area contributed by atoms with Crippen LogP contribution in [0.2, 0.25) is 0 Å². The van der Waals surface area contributed by atoms with Crippen LogP contribution in [0.4, 0.5) is 5.69 Å². The number of anilines is 1. The molecule has 3 aromatic carbocycles. The minimum atomic E-state index is -0.711. The van der Waals surface area contributed by atoms with Gasteiger partial charge >= 0.3 is 0 Å². The molecule has 0 aliphatic carbocycles. The molecule has 7 nitrogen and oxygen atoms in total. The molecule has 4 rings (SSSR count). The molecule has 0 saturated carbocycles. The molecule has 3 aromatic rings. The van der Waals surface area contributed by atoms with Gasteiger partial charge in [-0.3, -0.25) is 9.59 Å². The van der Waals surface area contributed by atoms with Gasteiger partial charge in [-0.25, -0.2) is 0 Å². The summed E-state index contributed by atoms with van der Waals surface area (Å²) in [5.41, 5.74) is 4.11. The molecule has 0 spiro atoms. The number of carbonyl (C=O) groups excluding carboxylic acids is 2. The zero-order valence-corrected chi connectivity index (χ0v) is 21.8. The Morgan fingerprint density at radius 3 is 2.19 bits per heavy atom. The SMILES string of the molecule is COc1ccc(CCN2C(=O)C(=O)/C(=C(\O)c3ccc(OC)c(C)c3)C2c2ccc(N(C)C)cc2)cc1. The van der Waals surface area contributed by atoms with Crippen LogP contribution in [0, 0.1) is 6.92 Å². The number of ketones is 1. The maximum Gasteiger partial charge on any atom is 0.295 e. The van der Waals surface area contributed by atoms with Crippen LogP contribution in [0.25, 0.3) is 5.76 Å². The summed E-state index contributed by atoms with van der Waals surface area (Å²) >= 11 is 0. The fourth-order valence-corrected chi connectivity index (χ4v) is 4.63. The largest absolute Gasteiger partial charge is 0.507 e. The van der Waals surface area contributed by atoms with Crippen molar-refractivity contribution in [3.63, 3.8) is 0 Å². The molecule has 1 aliphatic heterocycles. The van der Waals surface area contributed by atoms with E-state index in [1.807, 2.05) is 74.4 Å². The molecule has 1 N–H and O–H groups in total. The van der Waals surface area contributed by atoms with Crippen LogP contribution in [0.15, 0.2) is 72.3 Å². The van der Waals surface area contributed by atoms with Crippen molar-refractivity contribution < 1.29 is 24.2 Å². The number of aliphatic hydroxyl groups excluding tert-OH is 1. The van der Waals surface area contributed by atoms with E-state index in [1.54, 1.807) is 37.3 Å². The predicted octanol–water partition coefficient (Wildman–Crippen LogP) is 4.74. The van der Waals surface area contributed by atoms with Crippen molar-refractivity contribution in [1.82, 2.24) is 4.90 Å². The first-order valence-corrected chi connectivity index (χ1v) is 12.1. The lowest BCUT2D eigenvalue weighted by Crippen LogP contribution is -2.31. The van der Waals surface area contributed by atoms with Gasteiger partial charge in [0.15, 0.2) is 0 Å². The third kappa shape index (κ3) is 5.16. The monoisotopic (exact) mass is 500 g/mol. The summed E-state index contributed by atoms with van der Waals surface area (Å²) < 4.78 is 10.6. The van der Waals surface area contributed by atoms with Gasteiger partial charge in [0.2, 0.25) is 0 Å². The van der Waals surface area contributed by atoms with Gasteiger partial charge in [0.05, 0.1) is 25.8 Å². The van der Waals surface area contributed by atoms with E-state index in [-0.39, 0.29) is 11.3 Å². The van der Waals surface area contributed by atoms with Crippen molar-refractivity contribution >= 4 is 23.1 Å². The van der Waals surface area contributed by atoms with Crippen molar-refractivity contribution in [2.75, 3.05) is 39.8 Å². The Hall–Kier alpha value is -4.26. The number of benzene rings is 3. The number of hydrogen-bond donors (Lipinski definition) is 1. The van der Waals surface area contributed by atoms with Gasteiger partial charge in [0.25, 0.3) is 11.7 Å². The molecular weight excluding hydrogens is 468 g/mol. The van der Waals surface area contributed by atoms with Gasteiger partial charge in [0, 0.05) is 31.9 Å². The van der Waals surface area contributed by atoms with Gasteiger partial charge in [-0.2, -0.15) is 0 Å². The van der Waals surface area contributed by atoms with Gasteiger partial charge in [0.1, 0.15) is 17.3 Å². The number of aryl methyl sites for hydroxylation is 1. The first kappa shape index (κ1) is 25.8. The summed E-state index contributed by atoms with van der Waals surface area (Å²) in [6, 6.07) is 19.8. The first-order chi connectivity index (χ1) is 17.7. The highest BCUT2D eigenvalue weighted by atomic mass is 16.5. The molecule has 0 bridgehead atoms. The summed E-state index contributed by atoms with van der Waals surface area (Å²) in [5.74, 6) is -0.0885. The van der Waals surface area contributed by atoms with E-state index < -0.39 is 17.7 Å². The van der Waals surface area contributed by atoms with E-state index in [2.05, 4.69) is 0 Å². The average molecular weight is 501 g/mol. The summed E-state index contributed by atoms with van der Waals surface area (Å²) in [7, 11) is 7.08. The molecule has 1 atom stereocenters. The number of likely N-dealkylation sites (tertiary alicyclic amines) is 1. The van der Waals surface area contributed by atoms with Crippen molar-refractivity contribution in [1.29, 1.82) is 0 Å². The molecule has 0 radical (unpaired) electrons. The molecule has 192 valence electrons. The highest BCUT2D eigenvalue weighted by Crippen LogP contribution is 2.40. The lowest BCUT2D eigenvalue weighted by molar-refractivity contribution is -0.139. The van der Waals surface area contributed by atoms with Gasteiger partial charge in [-0.05, 0) is 72.5 Å². The lowest BCUT2D eigenvalue weighted by atomic mass is 9.94. The van der Waals surface area contributed by atoms with Crippen molar-refractivity contribution in [2.45, 2.75) is 19.4 Å². The summed E-state index contributed by atoms with van der Waals surface area (Å²) in [5, 5.41) is 11.3. The number of Topliss-reactive ketones (excluding diaryl/α,β-unsaturated/α-hetero) is 1. The number of amides is 1. The van der Waals surface area contributed by atoms with Crippen molar-refractivity contribution in [3.8, 4) is 11.5 Å². The Balaban J connectivity index is 1.76. The normalized spacial score (nSPS) is 16.7. The minimum Gasteiger partial charge on any atom is -0.507 e. The number of nitrogens with zero attached hydrogens (tertiary/aromatic N) is 2. The topological polar surface area (TPSA) is 79.3 Å². The molecule has 1 saturated heterocycles. The van der Waals surface area contributed by atoms with Gasteiger partial charge < -0.3 is 24.4 Å². The Kier molecular flexibility index (Phi) is 7.53. The fourth-order valence-electron chi connectivity index (χ4n) is 4.63. The lowest BCUT2D eigenvalue weighted by Gasteiger charge is -2.26. The predicted molar refractivity (Wildman–Crippen MR) is 144 cm³/mol. The second-order valence-corrected chi connectivity index (χ2v) is 9.26. The number of methoxy groups -OCH3 is 2.